The summed E-state index contributed by atoms with van der Waals surface area (Å²) in [6, 6.07) is 13.5. The molecular formula is C16H19N3OS. The van der Waals surface area contributed by atoms with Gasteiger partial charge in [-0.1, -0.05) is 30.3 Å². The average Bonchev–Trinajstić information content (AvgIpc) is 2.42. The standard InChI is InChI=1S/C16H19N3OS/c1-16(2,3)17-15(21)19-18-14(20)13-9-8-11-6-4-5-7-12(11)10-13/h4-10H,1-3H3,(H,18,20)(H2,17,19,21). The third-order valence-electron chi connectivity index (χ3n) is 2.79. The third kappa shape index (κ3) is 4.43. The van der Waals surface area contributed by atoms with Crippen molar-refractivity contribution >= 4 is 34.0 Å². The highest BCUT2D eigenvalue weighted by Gasteiger charge is 2.12. The summed E-state index contributed by atoms with van der Waals surface area (Å²) >= 11 is 5.11. The first-order valence-corrected chi connectivity index (χ1v) is 7.13. The van der Waals surface area contributed by atoms with Gasteiger partial charge in [-0.05, 0) is 55.9 Å². The van der Waals surface area contributed by atoms with E-state index in [-0.39, 0.29) is 11.4 Å². The maximum Gasteiger partial charge on any atom is 0.269 e. The van der Waals surface area contributed by atoms with Gasteiger partial charge in [0.25, 0.3) is 5.91 Å². The summed E-state index contributed by atoms with van der Waals surface area (Å²) < 4.78 is 0. The minimum atomic E-state index is -0.223. The first-order chi connectivity index (χ1) is 9.85. The molecule has 0 aromatic heterocycles. The molecule has 2 aromatic carbocycles. The summed E-state index contributed by atoms with van der Waals surface area (Å²) in [5.41, 5.74) is 5.73. The molecule has 0 aliphatic rings. The average molecular weight is 301 g/mol. The van der Waals surface area contributed by atoms with Crippen LogP contribution in [0, 0.1) is 0 Å². The Morgan fingerprint density at radius 2 is 1.67 bits per heavy atom. The predicted octanol–water partition coefficient (Wildman–Crippen LogP) is 2.75. The number of rotatable bonds is 1. The molecule has 3 N–H and O–H groups in total. The van der Waals surface area contributed by atoms with Crippen LogP contribution in [0.2, 0.25) is 0 Å². The fourth-order valence-electron chi connectivity index (χ4n) is 1.89. The molecule has 110 valence electrons. The van der Waals surface area contributed by atoms with Gasteiger partial charge in [0.05, 0.1) is 0 Å². The summed E-state index contributed by atoms with van der Waals surface area (Å²) in [5.74, 6) is -0.223. The molecule has 0 atom stereocenters. The maximum absolute atomic E-state index is 12.1. The predicted molar refractivity (Wildman–Crippen MR) is 90.0 cm³/mol. The van der Waals surface area contributed by atoms with Gasteiger partial charge in [0.2, 0.25) is 0 Å². The van der Waals surface area contributed by atoms with E-state index in [2.05, 4.69) is 16.2 Å². The van der Waals surface area contributed by atoms with Crippen LogP contribution in [0.15, 0.2) is 42.5 Å². The Bertz CT molecular complexity index is 677. The van der Waals surface area contributed by atoms with Gasteiger partial charge >= 0.3 is 0 Å². The minimum absolute atomic E-state index is 0.155. The van der Waals surface area contributed by atoms with Gasteiger partial charge in [-0.3, -0.25) is 15.6 Å². The minimum Gasteiger partial charge on any atom is -0.357 e. The second-order valence-electron chi connectivity index (χ2n) is 5.85. The molecule has 1 amide bonds. The first kappa shape index (κ1) is 15.3. The summed E-state index contributed by atoms with van der Waals surface area (Å²) in [6.45, 7) is 5.98. The molecule has 0 unspecified atom stereocenters. The lowest BCUT2D eigenvalue weighted by molar-refractivity contribution is 0.0943. The van der Waals surface area contributed by atoms with E-state index in [9.17, 15) is 4.79 Å². The number of benzene rings is 2. The van der Waals surface area contributed by atoms with Gasteiger partial charge in [-0.25, -0.2) is 0 Å². The van der Waals surface area contributed by atoms with Gasteiger partial charge in [0.15, 0.2) is 5.11 Å². The monoisotopic (exact) mass is 301 g/mol. The van der Waals surface area contributed by atoms with Crippen molar-refractivity contribution < 1.29 is 4.79 Å². The topological polar surface area (TPSA) is 53.2 Å². The molecule has 0 saturated carbocycles. The summed E-state index contributed by atoms with van der Waals surface area (Å²) in [6.07, 6.45) is 0. The zero-order chi connectivity index (χ0) is 15.5. The van der Waals surface area contributed by atoms with E-state index in [4.69, 9.17) is 12.2 Å². The Hall–Kier alpha value is -2.14. The molecule has 0 radical (unpaired) electrons. The SMILES string of the molecule is CC(C)(C)NC(=S)NNC(=O)c1ccc2ccccc2c1. The van der Waals surface area contributed by atoms with Gasteiger partial charge in [0.1, 0.15) is 0 Å². The molecule has 5 heteroatoms. The second kappa shape index (κ2) is 6.10. The summed E-state index contributed by atoms with van der Waals surface area (Å²) in [5, 5.41) is 5.58. The van der Waals surface area contributed by atoms with Crippen molar-refractivity contribution in [3.05, 3.63) is 48.0 Å². The molecule has 0 aliphatic heterocycles. The summed E-state index contributed by atoms with van der Waals surface area (Å²) in [7, 11) is 0. The molecule has 0 bridgehead atoms. The van der Waals surface area contributed by atoms with E-state index < -0.39 is 0 Å². The molecule has 0 heterocycles. The molecule has 0 saturated heterocycles. The van der Waals surface area contributed by atoms with E-state index in [1.54, 1.807) is 6.07 Å². The normalized spacial score (nSPS) is 11.0. The number of nitrogens with one attached hydrogen (secondary N) is 3. The van der Waals surface area contributed by atoms with E-state index in [0.717, 1.165) is 10.8 Å². The number of thiocarbonyl (C=S) groups is 1. The Morgan fingerprint density at radius 1 is 1.00 bits per heavy atom. The zero-order valence-corrected chi connectivity index (χ0v) is 13.2. The van der Waals surface area contributed by atoms with Crippen LogP contribution in [0.4, 0.5) is 0 Å². The van der Waals surface area contributed by atoms with Crippen LogP contribution in [0.25, 0.3) is 10.8 Å². The van der Waals surface area contributed by atoms with Crippen LogP contribution in [0.1, 0.15) is 31.1 Å². The lowest BCUT2D eigenvalue weighted by atomic mass is 10.1. The Labute approximate surface area is 129 Å². The number of fused-ring (bicyclic) bond motifs is 1. The zero-order valence-electron chi connectivity index (χ0n) is 12.4. The Morgan fingerprint density at radius 3 is 2.33 bits per heavy atom. The molecule has 21 heavy (non-hydrogen) atoms. The second-order valence-corrected chi connectivity index (χ2v) is 6.25. The number of carbonyl (C=O) groups is 1. The fraction of sp³-hybridized carbons (Fsp3) is 0.250. The largest absolute Gasteiger partial charge is 0.357 e. The van der Waals surface area contributed by atoms with Crippen molar-refractivity contribution in [1.82, 2.24) is 16.2 Å². The van der Waals surface area contributed by atoms with Crippen molar-refractivity contribution in [2.75, 3.05) is 0 Å². The lowest BCUT2D eigenvalue weighted by Gasteiger charge is -2.23. The Kier molecular flexibility index (Phi) is 4.43. The van der Waals surface area contributed by atoms with Crippen LogP contribution in [-0.2, 0) is 0 Å². The first-order valence-electron chi connectivity index (χ1n) is 6.72. The van der Waals surface area contributed by atoms with E-state index >= 15 is 0 Å². The van der Waals surface area contributed by atoms with Crippen molar-refractivity contribution in [3.63, 3.8) is 0 Å². The van der Waals surface area contributed by atoms with Gasteiger partial charge < -0.3 is 5.32 Å². The number of carbonyl (C=O) groups excluding carboxylic acids is 1. The molecule has 4 nitrogen and oxygen atoms in total. The van der Waals surface area contributed by atoms with E-state index in [1.165, 1.54) is 0 Å². The fourth-order valence-corrected chi connectivity index (χ4v) is 2.25. The van der Waals surface area contributed by atoms with Crippen LogP contribution >= 0.6 is 12.2 Å². The molecule has 2 rings (SSSR count). The van der Waals surface area contributed by atoms with Crippen molar-refractivity contribution in [3.8, 4) is 0 Å². The number of amides is 1. The molecular weight excluding hydrogens is 282 g/mol. The van der Waals surface area contributed by atoms with Gasteiger partial charge in [-0.2, -0.15) is 0 Å². The van der Waals surface area contributed by atoms with Crippen molar-refractivity contribution in [2.45, 2.75) is 26.3 Å². The summed E-state index contributed by atoms with van der Waals surface area (Å²) in [4.78, 5) is 12.1. The molecule has 2 aromatic rings. The highest BCUT2D eigenvalue weighted by Crippen LogP contribution is 2.15. The van der Waals surface area contributed by atoms with Crippen LogP contribution in [-0.4, -0.2) is 16.6 Å². The number of hydrogen-bond donors (Lipinski definition) is 3. The highest BCUT2D eigenvalue weighted by atomic mass is 32.1. The molecule has 0 spiro atoms. The lowest BCUT2D eigenvalue weighted by Crippen LogP contribution is -2.52. The number of hydrogen-bond acceptors (Lipinski definition) is 2. The quantitative estimate of drug-likeness (QED) is 0.560. The van der Waals surface area contributed by atoms with E-state index in [1.807, 2.05) is 57.2 Å². The van der Waals surface area contributed by atoms with Crippen LogP contribution < -0.4 is 16.2 Å². The van der Waals surface area contributed by atoms with Gasteiger partial charge in [0, 0.05) is 11.1 Å². The van der Waals surface area contributed by atoms with Crippen molar-refractivity contribution in [2.24, 2.45) is 0 Å². The van der Waals surface area contributed by atoms with Crippen LogP contribution in [0.5, 0.6) is 0 Å². The molecule has 0 aliphatic carbocycles. The Balaban J connectivity index is 2.00. The van der Waals surface area contributed by atoms with Crippen molar-refractivity contribution in [1.29, 1.82) is 0 Å². The third-order valence-corrected chi connectivity index (χ3v) is 2.99. The molecule has 0 fully saturated rings. The van der Waals surface area contributed by atoms with E-state index in [0.29, 0.717) is 10.7 Å². The smallest absolute Gasteiger partial charge is 0.269 e. The highest BCUT2D eigenvalue weighted by molar-refractivity contribution is 7.80. The van der Waals surface area contributed by atoms with Gasteiger partial charge in [-0.15, -0.1) is 0 Å². The number of hydrazine groups is 1. The maximum atomic E-state index is 12.1. The van der Waals surface area contributed by atoms with Crippen LogP contribution in [0.3, 0.4) is 0 Å².